The minimum atomic E-state index is -1.86. The molecule has 1 heteroatoms. The Hall–Kier alpha value is -2.28. The van der Waals surface area contributed by atoms with Crippen LogP contribution in [-0.2, 0) is 0 Å². The van der Waals surface area contributed by atoms with E-state index >= 15 is 0 Å². The molecule has 0 spiro atoms. The second-order valence-electron chi connectivity index (χ2n) is 3.55. The smallest absolute Gasteiger partial charge is 0.0687 e. The van der Waals surface area contributed by atoms with Crippen LogP contribution in [0.4, 0.5) is 0 Å². The van der Waals surface area contributed by atoms with Crippen LogP contribution in [0.25, 0.3) is 0 Å². The van der Waals surface area contributed by atoms with Gasteiger partial charge in [0.25, 0.3) is 0 Å². The van der Waals surface area contributed by atoms with E-state index in [0.717, 1.165) is 0 Å². The van der Waals surface area contributed by atoms with E-state index < -0.39 is 114 Å². The maximum atomic E-state index is 8.37. The molecule has 0 amide bonds. The van der Waals surface area contributed by atoms with E-state index in [2.05, 4.69) is 0 Å². The summed E-state index contributed by atoms with van der Waals surface area (Å²) in [6.45, 7) is -1.86. The first kappa shape index (κ1) is 3.64. The first-order valence-electron chi connectivity index (χ1n) is 12.9. The summed E-state index contributed by atoms with van der Waals surface area (Å²) in [4.78, 5) is 0. The van der Waals surface area contributed by atoms with Crippen LogP contribution in [0.1, 0.15) is 20.6 Å². The van der Waals surface area contributed by atoms with E-state index in [1.165, 1.54) is 0 Å². The molecule has 3 aromatic carbocycles. The van der Waals surface area contributed by atoms with Crippen LogP contribution in [0, 0.1) is 0 Å². The Labute approximate surface area is 135 Å². The summed E-state index contributed by atoms with van der Waals surface area (Å²) in [6, 6.07) is -11.8. The largest absolute Gasteiger partial charge is 0.241 e. The van der Waals surface area contributed by atoms with E-state index in [1.807, 2.05) is 0 Å². The monoisotopic (exact) mass is 257 g/mol. The molecule has 0 radical (unpaired) electrons. The lowest BCUT2D eigenvalue weighted by Gasteiger charge is -2.15. The van der Waals surface area contributed by atoms with Crippen molar-refractivity contribution >= 4 is 23.1 Å². The Bertz CT molecular complexity index is 1110. The Morgan fingerprint density at radius 3 is 1.00 bits per heavy atom. The van der Waals surface area contributed by atoms with Gasteiger partial charge in [-0.1, -0.05) is 107 Å². The van der Waals surface area contributed by atoms with Gasteiger partial charge in [0.1, 0.15) is 0 Å². The fourth-order valence-electron chi connectivity index (χ4n) is 1.65. The average molecular weight is 257 g/mol. The molecule has 90 valence electrons. The van der Waals surface area contributed by atoms with Gasteiger partial charge >= 0.3 is 0 Å². The zero-order chi connectivity index (χ0) is 26.0. The molecule has 0 N–H and O–H groups in total. The van der Waals surface area contributed by atoms with E-state index in [-0.39, 0.29) is 0 Å². The molecule has 0 bridgehead atoms. The van der Waals surface area contributed by atoms with Gasteiger partial charge in [-0.05, 0) is 0 Å². The SMILES string of the molecule is [2H]c1c([2H])c([2H])c([11B](c2c([2H])c([2H])c([2H])c([2H])c2[2H])c2c([2H])c([2H])c([2H])c([2H])c2[2H])c([2H])c1[2H]. The fraction of sp³-hybridized carbons (Fsp3) is 0. The van der Waals surface area contributed by atoms with E-state index in [1.54, 1.807) is 0 Å². The van der Waals surface area contributed by atoms with Crippen LogP contribution in [-0.4, -0.2) is 6.71 Å². The third kappa shape index (κ3) is 2.60. The normalized spacial score (nSPS) is 21.2. The van der Waals surface area contributed by atoms with Crippen LogP contribution in [0.3, 0.4) is 0 Å². The van der Waals surface area contributed by atoms with Crippen molar-refractivity contribution in [3.63, 3.8) is 0 Å². The molecule has 0 saturated heterocycles. The summed E-state index contributed by atoms with van der Waals surface area (Å²) < 4.78 is 122. The van der Waals surface area contributed by atoms with Crippen molar-refractivity contribution in [3.8, 4) is 0 Å². The minimum absolute atomic E-state index is 0.580. The second kappa shape index (κ2) is 5.58. The van der Waals surface area contributed by atoms with Gasteiger partial charge in [-0.3, -0.25) is 0 Å². The van der Waals surface area contributed by atoms with Crippen molar-refractivity contribution in [1.82, 2.24) is 0 Å². The molecule has 3 aromatic rings. The predicted molar refractivity (Wildman–Crippen MR) is 84.0 cm³/mol. The molecule has 19 heavy (non-hydrogen) atoms. The molecule has 0 aliphatic carbocycles. The molecule has 0 aromatic heterocycles. The van der Waals surface area contributed by atoms with Crippen LogP contribution in [0.5, 0.6) is 0 Å². The highest BCUT2D eigenvalue weighted by Crippen LogP contribution is 1.95. The molecule has 0 heterocycles. The van der Waals surface area contributed by atoms with Gasteiger partial charge in [-0.25, -0.2) is 0 Å². The highest BCUT2D eigenvalue weighted by atomic mass is 14.0. The molecular weight excluding hydrogens is 227 g/mol. The zero-order valence-corrected chi connectivity index (χ0v) is 9.58. The molecule has 0 saturated carbocycles. The first-order chi connectivity index (χ1) is 15.7. The van der Waals surface area contributed by atoms with Gasteiger partial charge in [0.15, 0.2) is 0 Å². The average Bonchev–Trinajstić information content (AvgIpc) is 2.81. The summed E-state index contributed by atoms with van der Waals surface area (Å²) in [5, 5.41) is 0. The number of hydrogen-bond acceptors (Lipinski definition) is 0. The molecule has 0 aliphatic heterocycles. The third-order valence-corrected chi connectivity index (χ3v) is 2.42. The lowest BCUT2D eigenvalue weighted by atomic mass is 9.47. The summed E-state index contributed by atoms with van der Waals surface area (Å²) >= 11 is 0. The zero-order valence-electron chi connectivity index (χ0n) is 24.6. The Morgan fingerprint density at radius 1 is 0.474 bits per heavy atom. The second-order valence-corrected chi connectivity index (χ2v) is 3.55. The number of hydrogen-bond donors (Lipinski definition) is 0. The van der Waals surface area contributed by atoms with Gasteiger partial charge in [-0.2, -0.15) is 0 Å². The Balaban J connectivity index is 2.68. The molecule has 0 atom stereocenters. The minimum Gasteiger partial charge on any atom is -0.0687 e. The molecule has 0 aliphatic rings. The lowest BCUT2D eigenvalue weighted by molar-refractivity contribution is 1.71. The van der Waals surface area contributed by atoms with Crippen LogP contribution < -0.4 is 16.4 Å². The first-order valence-corrected chi connectivity index (χ1v) is 5.37. The maximum Gasteiger partial charge on any atom is 0.241 e. The predicted octanol–water partition coefficient (Wildman–Crippen LogP) is 2.20. The Morgan fingerprint density at radius 2 is 0.737 bits per heavy atom. The van der Waals surface area contributed by atoms with Crippen molar-refractivity contribution in [2.75, 3.05) is 0 Å². The van der Waals surface area contributed by atoms with Crippen molar-refractivity contribution < 1.29 is 20.6 Å². The summed E-state index contributed by atoms with van der Waals surface area (Å²) in [5.74, 6) is 0. The Kier molecular flexibility index (Phi) is 1.07. The van der Waals surface area contributed by atoms with E-state index in [9.17, 15) is 0 Å². The molecule has 3 rings (SSSR count). The van der Waals surface area contributed by atoms with Crippen molar-refractivity contribution in [3.05, 3.63) is 90.6 Å². The summed E-state index contributed by atoms with van der Waals surface area (Å²) in [6.07, 6.45) is 0. The highest BCUT2D eigenvalue weighted by Gasteiger charge is 2.20. The molecule has 0 nitrogen and oxygen atoms in total. The van der Waals surface area contributed by atoms with Crippen LogP contribution in [0.2, 0.25) is 0 Å². The molecule has 0 unspecified atom stereocenters. The third-order valence-electron chi connectivity index (χ3n) is 2.42. The van der Waals surface area contributed by atoms with Crippen LogP contribution in [0.15, 0.2) is 90.6 Å². The summed E-state index contributed by atoms with van der Waals surface area (Å²) in [5.41, 5.74) is -1.74. The quantitative estimate of drug-likeness (QED) is 0.631. The lowest BCUT2D eigenvalue weighted by Crippen LogP contribution is -2.51. The van der Waals surface area contributed by atoms with Gasteiger partial charge < -0.3 is 0 Å². The maximum absolute atomic E-state index is 8.37. The molecular formula is C18H15B. The van der Waals surface area contributed by atoms with Crippen molar-refractivity contribution in [2.45, 2.75) is 0 Å². The van der Waals surface area contributed by atoms with Crippen LogP contribution >= 0.6 is 0 Å². The topological polar surface area (TPSA) is 0 Å². The number of rotatable bonds is 3. The van der Waals surface area contributed by atoms with Gasteiger partial charge in [0.05, 0.1) is 20.6 Å². The standard InChI is InChI=1S/C18H15B/c1-4-10-16(11-5-1)19(17-12-6-2-7-13-17)18-14-8-3-9-15-18/h1-15H/i1D,2D,3D,4D,5D,6D,7D,8D,9D,10D,11D,12D,13D,14D,15D,19+0. The van der Waals surface area contributed by atoms with E-state index in [4.69, 9.17) is 20.6 Å². The molecule has 0 fully saturated rings. The van der Waals surface area contributed by atoms with E-state index in [0.29, 0.717) is 0 Å². The highest BCUT2D eigenvalue weighted by molar-refractivity contribution is 6.95. The fourth-order valence-corrected chi connectivity index (χ4v) is 1.65. The number of benzene rings is 3. The van der Waals surface area contributed by atoms with Gasteiger partial charge in [0, 0.05) is 0 Å². The van der Waals surface area contributed by atoms with Gasteiger partial charge in [-0.15, -0.1) is 0 Å². The van der Waals surface area contributed by atoms with Crippen molar-refractivity contribution in [2.24, 2.45) is 0 Å². The van der Waals surface area contributed by atoms with Crippen molar-refractivity contribution in [1.29, 1.82) is 0 Å². The van der Waals surface area contributed by atoms with Gasteiger partial charge in [0.2, 0.25) is 6.71 Å². The summed E-state index contributed by atoms with van der Waals surface area (Å²) in [7, 11) is 0.